The van der Waals surface area contributed by atoms with Crippen LogP contribution < -0.4 is 4.90 Å². The number of amides is 1. The third kappa shape index (κ3) is 2.49. The zero-order valence-corrected chi connectivity index (χ0v) is 13.0. The van der Waals surface area contributed by atoms with Gasteiger partial charge in [0, 0.05) is 18.5 Å². The molecular formula is C15H16N2O3S. The highest BCUT2D eigenvalue weighted by Gasteiger charge is 2.46. The zero-order chi connectivity index (χ0) is 15.6. The lowest BCUT2D eigenvalue weighted by atomic mass is 9.85. The Labute approximate surface area is 127 Å². The van der Waals surface area contributed by atoms with Gasteiger partial charge in [0.25, 0.3) is 0 Å². The van der Waals surface area contributed by atoms with Gasteiger partial charge in [-0.1, -0.05) is 0 Å². The molecule has 0 aromatic heterocycles. The highest BCUT2D eigenvalue weighted by Crippen LogP contribution is 2.43. The third-order valence-electron chi connectivity index (χ3n) is 3.67. The average Bonchev–Trinajstić information content (AvgIpc) is 2.67. The highest BCUT2D eigenvalue weighted by atomic mass is 32.2. The molecule has 1 aromatic carbocycles. The molecular weight excluding hydrogens is 288 g/mol. The third-order valence-corrected chi connectivity index (χ3v) is 4.52. The van der Waals surface area contributed by atoms with E-state index in [0.29, 0.717) is 17.9 Å². The molecule has 0 spiro atoms. The predicted octanol–water partition coefficient (Wildman–Crippen LogP) is 2.31. The van der Waals surface area contributed by atoms with E-state index in [1.807, 2.05) is 5.40 Å². The number of thioether (sulfide) groups is 1. The van der Waals surface area contributed by atoms with E-state index >= 15 is 0 Å². The summed E-state index contributed by atoms with van der Waals surface area (Å²) in [4.78, 5) is 25.9. The maximum Gasteiger partial charge on any atom is 0.338 e. The van der Waals surface area contributed by atoms with Crippen molar-refractivity contribution < 1.29 is 14.3 Å². The average molecular weight is 304 g/mol. The zero-order valence-electron chi connectivity index (χ0n) is 12.2. The highest BCUT2D eigenvalue weighted by molar-refractivity contribution is 8.03. The summed E-state index contributed by atoms with van der Waals surface area (Å²) in [6, 6.07) is 5.11. The summed E-state index contributed by atoms with van der Waals surface area (Å²) in [7, 11) is 1.70. The smallest absolute Gasteiger partial charge is 0.338 e. The minimum Gasteiger partial charge on any atom is -0.462 e. The molecule has 0 fully saturated rings. The Bertz CT molecular complexity index is 638. The summed E-state index contributed by atoms with van der Waals surface area (Å²) in [5, 5.41) is 10.8. The molecule has 1 atom stereocenters. The number of likely N-dealkylation sites (N-methyl/N-ethyl adjacent to an activating group) is 1. The van der Waals surface area contributed by atoms with E-state index in [4.69, 9.17) is 10.00 Å². The van der Waals surface area contributed by atoms with E-state index in [0.717, 1.165) is 23.0 Å². The Morgan fingerprint density at radius 1 is 1.52 bits per heavy atom. The fourth-order valence-electron chi connectivity index (χ4n) is 2.52. The number of carbonyl (C=O) groups is 2. The summed E-state index contributed by atoms with van der Waals surface area (Å²) in [6.45, 7) is 3.85. The quantitative estimate of drug-likeness (QED) is 0.630. The summed E-state index contributed by atoms with van der Waals surface area (Å²) < 4.78 is 5.00. The lowest BCUT2D eigenvalue weighted by Crippen LogP contribution is -2.38. The van der Waals surface area contributed by atoms with Gasteiger partial charge in [0.15, 0.2) is 0 Å². The molecule has 1 heterocycles. The van der Waals surface area contributed by atoms with Crippen LogP contribution in [-0.4, -0.2) is 31.3 Å². The second kappa shape index (κ2) is 5.78. The maximum atomic E-state index is 12.5. The van der Waals surface area contributed by atoms with Gasteiger partial charge in [-0.05, 0) is 49.4 Å². The molecule has 0 saturated heterocycles. The predicted molar refractivity (Wildman–Crippen MR) is 81.2 cm³/mol. The summed E-state index contributed by atoms with van der Waals surface area (Å²) >= 11 is 1.04. The van der Waals surface area contributed by atoms with Gasteiger partial charge in [-0.25, -0.2) is 4.79 Å². The number of benzene rings is 1. The van der Waals surface area contributed by atoms with Crippen molar-refractivity contribution in [2.75, 3.05) is 24.3 Å². The van der Waals surface area contributed by atoms with Crippen LogP contribution >= 0.6 is 11.8 Å². The number of anilines is 1. The van der Waals surface area contributed by atoms with Crippen molar-refractivity contribution in [3.8, 4) is 5.40 Å². The Morgan fingerprint density at radius 2 is 2.24 bits per heavy atom. The molecule has 0 aliphatic carbocycles. The lowest BCUT2D eigenvalue weighted by Gasteiger charge is -2.21. The topological polar surface area (TPSA) is 70.4 Å². The van der Waals surface area contributed by atoms with Crippen LogP contribution in [0.2, 0.25) is 0 Å². The van der Waals surface area contributed by atoms with Gasteiger partial charge in [0.1, 0.15) is 5.40 Å². The fourth-order valence-corrected chi connectivity index (χ4v) is 3.15. The monoisotopic (exact) mass is 304 g/mol. The molecule has 2 rings (SSSR count). The van der Waals surface area contributed by atoms with Gasteiger partial charge >= 0.3 is 5.97 Å². The number of nitriles is 1. The molecule has 0 saturated carbocycles. The molecule has 110 valence electrons. The first kappa shape index (κ1) is 15.4. The van der Waals surface area contributed by atoms with Gasteiger partial charge in [-0.3, -0.25) is 4.79 Å². The van der Waals surface area contributed by atoms with Crippen molar-refractivity contribution in [3.63, 3.8) is 0 Å². The van der Waals surface area contributed by atoms with Crippen LogP contribution in [0.15, 0.2) is 18.2 Å². The summed E-state index contributed by atoms with van der Waals surface area (Å²) in [6.07, 6.45) is 0. The molecule has 0 bridgehead atoms. The SMILES string of the molecule is CCOC(=O)c1ccc2c(c1)C(C)(CSC#N)C(=O)N2C. The van der Waals surface area contributed by atoms with E-state index in [1.165, 1.54) is 0 Å². The Hall–Kier alpha value is -2.00. The Kier molecular flexibility index (Phi) is 4.24. The van der Waals surface area contributed by atoms with Gasteiger partial charge in [-0.2, -0.15) is 5.26 Å². The van der Waals surface area contributed by atoms with Gasteiger partial charge in [0.05, 0.1) is 17.6 Å². The fraction of sp³-hybridized carbons (Fsp3) is 0.400. The Balaban J connectivity index is 2.48. The first-order chi connectivity index (χ1) is 9.95. The van der Waals surface area contributed by atoms with Gasteiger partial charge in [0.2, 0.25) is 5.91 Å². The maximum absolute atomic E-state index is 12.5. The van der Waals surface area contributed by atoms with Crippen LogP contribution in [0.3, 0.4) is 0 Å². The van der Waals surface area contributed by atoms with E-state index in [1.54, 1.807) is 44.0 Å². The molecule has 0 radical (unpaired) electrons. The molecule has 1 amide bonds. The van der Waals surface area contributed by atoms with Crippen LogP contribution in [-0.2, 0) is 14.9 Å². The van der Waals surface area contributed by atoms with Crippen molar-refractivity contribution in [1.29, 1.82) is 5.26 Å². The van der Waals surface area contributed by atoms with Crippen molar-refractivity contribution >= 4 is 29.3 Å². The summed E-state index contributed by atoms with van der Waals surface area (Å²) in [5.74, 6) is -0.120. The van der Waals surface area contributed by atoms with E-state index < -0.39 is 11.4 Å². The van der Waals surface area contributed by atoms with Crippen molar-refractivity contribution in [3.05, 3.63) is 29.3 Å². The lowest BCUT2D eigenvalue weighted by molar-refractivity contribution is -0.121. The van der Waals surface area contributed by atoms with Gasteiger partial charge in [-0.15, -0.1) is 0 Å². The van der Waals surface area contributed by atoms with Crippen LogP contribution in [0.5, 0.6) is 0 Å². The number of ether oxygens (including phenoxy) is 1. The number of nitrogens with zero attached hydrogens (tertiary/aromatic N) is 2. The van der Waals surface area contributed by atoms with Crippen molar-refractivity contribution in [2.45, 2.75) is 19.3 Å². The minimum atomic E-state index is -0.799. The van der Waals surface area contributed by atoms with Crippen molar-refractivity contribution in [2.24, 2.45) is 0 Å². The number of fused-ring (bicyclic) bond motifs is 1. The molecule has 1 aliphatic rings. The van der Waals surface area contributed by atoms with E-state index in [-0.39, 0.29) is 5.91 Å². The molecule has 6 heteroatoms. The standard InChI is InChI=1S/C15H16N2O3S/c1-4-20-13(18)10-5-6-12-11(7-10)15(2,8-21-9-16)14(19)17(12)3/h5-7H,4,8H2,1-3H3. The molecule has 1 unspecified atom stereocenters. The first-order valence-electron chi connectivity index (χ1n) is 6.56. The van der Waals surface area contributed by atoms with E-state index in [2.05, 4.69) is 0 Å². The molecule has 1 aliphatic heterocycles. The number of thiocyanates is 1. The Morgan fingerprint density at radius 3 is 2.86 bits per heavy atom. The van der Waals surface area contributed by atoms with Crippen LogP contribution in [0.4, 0.5) is 5.69 Å². The number of hydrogen-bond acceptors (Lipinski definition) is 5. The van der Waals surface area contributed by atoms with Crippen LogP contribution in [0.25, 0.3) is 0 Å². The molecule has 5 nitrogen and oxygen atoms in total. The van der Waals surface area contributed by atoms with Crippen LogP contribution in [0, 0.1) is 10.7 Å². The second-order valence-electron chi connectivity index (χ2n) is 5.03. The number of hydrogen-bond donors (Lipinski definition) is 0. The minimum absolute atomic E-state index is 0.0683. The number of carbonyl (C=O) groups excluding carboxylic acids is 2. The largest absolute Gasteiger partial charge is 0.462 e. The van der Waals surface area contributed by atoms with Crippen LogP contribution in [0.1, 0.15) is 29.8 Å². The number of rotatable bonds is 4. The van der Waals surface area contributed by atoms with Gasteiger partial charge < -0.3 is 9.64 Å². The second-order valence-corrected chi connectivity index (χ2v) is 5.79. The van der Waals surface area contributed by atoms with E-state index in [9.17, 15) is 9.59 Å². The molecule has 21 heavy (non-hydrogen) atoms. The van der Waals surface area contributed by atoms with Crippen molar-refractivity contribution in [1.82, 2.24) is 0 Å². The normalized spacial score (nSPS) is 20.1. The summed E-state index contributed by atoms with van der Waals surface area (Å²) in [5.41, 5.74) is 1.16. The molecule has 0 N–H and O–H groups in total. The first-order valence-corrected chi connectivity index (χ1v) is 7.55. The molecule has 1 aromatic rings. The number of esters is 1.